The Labute approximate surface area is 210 Å². The van der Waals surface area contributed by atoms with Crippen molar-refractivity contribution in [2.45, 2.75) is 116 Å². The van der Waals surface area contributed by atoms with E-state index in [1.165, 1.54) is 38.2 Å². The third-order valence-corrected chi connectivity index (χ3v) is 10.8. The van der Waals surface area contributed by atoms with Gasteiger partial charge in [-0.3, -0.25) is 4.79 Å². The molecule has 1 saturated heterocycles. The molecule has 5 aliphatic rings. The number of hydrogen-bond donors (Lipinski definition) is 2. The number of aliphatic hydroxyl groups excluding tert-OH is 2. The van der Waals surface area contributed by atoms with Crippen LogP contribution in [0.15, 0.2) is 24.3 Å². The Hall–Kier alpha value is -1.21. The highest BCUT2D eigenvalue weighted by Crippen LogP contribution is 2.66. The molecule has 196 valence electrons. The summed E-state index contributed by atoms with van der Waals surface area (Å²) in [7, 11) is 0. The Morgan fingerprint density at radius 3 is 2.63 bits per heavy atom. The van der Waals surface area contributed by atoms with E-state index in [1.54, 1.807) is 6.92 Å². The van der Waals surface area contributed by atoms with Gasteiger partial charge in [-0.15, -0.1) is 6.58 Å². The molecule has 5 rings (SSSR count). The lowest BCUT2D eigenvalue weighted by molar-refractivity contribution is -0.307. The van der Waals surface area contributed by atoms with Gasteiger partial charge in [0.2, 0.25) is 0 Å². The zero-order valence-corrected chi connectivity index (χ0v) is 21.8. The van der Waals surface area contributed by atoms with Crippen LogP contribution in [-0.4, -0.2) is 53.0 Å². The summed E-state index contributed by atoms with van der Waals surface area (Å²) in [6.07, 6.45) is 9.04. The summed E-state index contributed by atoms with van der Waals surface area (Å²) >= 11 is 0. The number of fused-ring (bicyclic) bond motifs is 5. The molecule has 1 heterocycles. The minimum Gasteiger partial charge on any atom is -0.457 e. The van der Waals surface area contributed by atoms with Gasteiger partial charge >= 0.3 is 5.97 Å². The summed E-state index contributed by atoms with van der Waals surface area (Å²) in [6, 6.07) is 0. The average molecular weight is 489 g/mol. The van der Waals surface area contributed by atoms with Crippen LogP contribution in [0.1, 0.15) is 79.1 Å². The summed E-state index contributed by atoms with van der Waals surface area (Å²) in [5, 5.41) is 21.2. The standard InChI is InChI=1S/C29H44O6/c1-6-18-8-10-22-21-9-7-19-15-20(11-13-29(19,5)23(21)12-14-28(18,22)4)35-27-25(32)24(31)26(16(2)33-27)34-17(3)30/h6-7,16,18,20-27,31-32H,1,8-15H2,2-5H3. The highest BCUT2D eigenvalue weighted by molar-refractivity contribution is 5.66. The summed E-state index contributed by atoms with van der Waals surface area (Å²) in [6.45, 7) is 12.2. The molecule has 3 saturated carbocycles. The summed E-state index contributed by atoms with van der Waals surface area (Å²) < 4.78 is 17.3. The predicted molar refractivity (Wildman–Crippen MR) is 132 cm³/mol. The van der Waals surface area contributed by atoms with Crippen LogP contribution in [0.3, 0.4) is 0 Å². The van der Waals surface area contributed by atoms with E-state index in [-0.39, 0.29) is 11.5 Å². The number of hydrogen-bond acceptors (Lipinski definition) is 6. The normalized spacial score (nSPS) is 51.4. The van der Waals surface area contributed by atoms with Gasteiger partial charge in [0.1, 0.15) is 12.2 Å². The number of rotatable bonds is 4. The molecule has 0 aromatic rings. The third-order valence-electron chi connectivity index (χ3n) is 10.8. The highest BCUT2D eigenvalue weighted by atomic mass is 16.7. The van der Waals surface area contributed by atoms with Crippen molar-refractivity contribution < 1.29 is 29.2 Å². The third kappa shape index (κ3) is 4.13. The molecule has 35 heavy (non-hydrogen) atoms. The molecule has 0 spiro atoms. The predicted octanol–water partition coefficient (Wildman–Crippen LogP) is 4.53. The highest BCUT2D eigenvalue weighted by Gasteiger charge is 2.58. The minimum atomic E-state index is -1.26. The lowest BCUT2D eigenvalue weighted by atomic mass is 9.47. The van der Waals surface area contributed by atoms with Gasteiger partial charge in [-0.05, 0) is 92.8 Å². The van der Waals surface area contributed by atoms with Crippen molar-refractivity contribution >= 4 is 5.97 Å². The van der Waals surface area contributed by atoms with Crippen molar-refractivity contribution in [3.8, 4) is 0 Å². The van der Waals surface area contributed by atoms with E-state index in [0.717, 1.165) is 43.4 Å². The molecule has 4 aliphatic carbocycles. The van der Waals surface area contributed by atoms with Crippen LogP contribution in [0.5, 0.6) is 0 Å². The number of ether oxygens (including phenoxy) is 3. The van der Waals surface area contributed by atoms with E-state index in [0.29, 0.717) is 11.3 Å². The molecule has 0 amide bonds. The quantitative estimate of drug-likeness (QED) is 0.447. The van der Waals surface area contributed by atoms with E-state index >= 15 is 0 Å². The van der Waals surface area contributed by atoms with Gasteiger partial charge in [0.15, 0.2) is 12.4 Å². The number of carbonyl (C=O) groups excluding carboxylic acids is 1. The molecule has 2 N–H and O–H groups in total. The van der Waals surface area contributed by atoms with Crippen LogP contribution in [0, 0.1) is 34.5 Å². The van der Waals surface area contributed by atoms with Gasteiger partial charge in [0.05, 0.1) is 12.2 Å². The molecule has 12 atom stereocenters. The maximum Gasteiger partial charge on any atom is 0.303 e. The molecule has 0 aromatic heterocycles. The first-order valence-corrected chi connectivity index (χ1v) is 13.7. The van der Waals surface area contributed by atoms with Crippen LogP contribution in [-0.2, 0) is 19.0 Å². The van der Waals surface area contributed by atoms with E-state index in [2.05, 4.69) is 32.6 Å². The second kappa shape index (κ2) is 9.27. The van der Waals surface area contributed by atoms with Crippen molar-refractivity contribution in [2.24, 2.45) is 34.5 Å². The van der Waals surface area contributed by atoms with Crippen molar-refractivity contribution in [3.05, 3.63) is 24.3 Å². The van der Waals surface area contributed by atoms with Gasteiger partial charge in [0, 0.05) is 6.92 Å². The fourth-order valence-corrected chi connectivity index (χ4v) is 8.83. The topological polar surface area (TPSA) is 85.2 Å². The van der Waals surface area contributed by atoms with Crippen molar-refractivity contribution in [1.29, 1.82) is 0 Å². The SMILES string of the molecule is C=CC1CCC2C3CC=C4CC(OC5OC(C)C(OC(C)=O)C(O)C5O)CCC4(C)C3CCC12C. The average Bonchev–Trinajstić information content (AvgIpc) is 3.16. The number of aliphatic hydroxyl groups is 2. The second-order valence-electron chi connectivity index (χ2n) is 12.5. The molecular formula is C29H44O6. The van der Waals surface area contributed by atoms with Crippen molar-refractivity contribution in [1.82, 2.24) is 0 Å². The van der Waals surface area contributed by atoms with Crippen LogP contribution >= 0.6 is 0 Å². The molecule has 1 aliphatic heterocycles. The Kier molecular flexibility index (Phi) is 6.74. The fourth-order valence-electron chi connectivity index (χ4n) is 8.83. The van der Waals surface area contributed by atoms with Crippen molar-refractivity contribution in [2.75, 3.05) is 0 Å². The second-order valence-corrected chi connectivity index (χ2v) is 12.5. The van der Waals surface area contributed by atoms with E-state index in [9.17, 15) is 15.0 Å². The van der Waals surface area contributed by atoms with Gasteiger partial charge < -0.3 is 24.4 Å². The van der Waals surface area contributed by atoms with E-state index in [4.69, 9.17) is 14.2 Å². The molecule has 6 heteroatoms. The number of allylic oxidation sites excluding steroid dienone is 2. The molecule has 6 nitrogen and oxygen atoms in total. The van der Waals surface area contributed by atoms with Crippen LogP contribution < -0.4 is 0 Å². The largest absolute Gasteiger partial charge is 0.457 e. The van der Waals surface area contributed by atoms with Crippen LogP contribution in [0.2, 0.25) is 0 Å². The maximum absolute atomic E-state index is 11.4. The zero-order chi connectivity index (χ0) is 25.1. The number of esters is 1. The lowest BCUT2D eigenvalue weighted by Gasteiger charge is -2.58. The molecule has 0 bridgehead atoms. The van der Waals surface area contributed by atoms with Crippen LogP contribution in [0.4, 0.5) is 0 Å². The van der Waals surface area contributed by atoms with Gasteiger partial charge in [-0.2, -0.15) is 0 Å². The Morgan fingerprint density at radius 1 is 1.14 bits per heavy atom. The summed E-state index contributed by atoms with van der Waals surface area (Å²) in [4.78, 5) is 11.4. The Bertz CT molecular complexity index is 869. The number of carbonyl (C=O) groups is 1. The maximum atomic E-state index is 11.4. The molecule has 0 aromatic carbocycles. The van der Waals surface area contributed by atoms with Gasteiger partial charge in [-0.25, -0.2) is 0 Å². The first-order chi connectivity index (χ1) is 16.6. The van der Waals surface area contributed by atoms with Gasteiger partial charge in [-0.1, -0.05) is 31.6 Å². The lowest BCUT2D eigenvalue weighted by Crippen LogP contribution is -2.59. The van der Waals surface area contributed by atoms with Crippen molar-refractivity contribution in [3.63, 3.8) is 0 Å². The minimum absolute atomic E-state index is 0.0549. The molecule has 12 unspecified atom stereocenters. The van der Waals surface area contributed by atoms with Crippen LogP contribution in [0.25, 0.3) is 0 Å². The van der Waals surface area contributed by atoms with E-state index < -0.39 is 36.7 Å². The first kappa shape index (κ1) is 25.4. The smallest absolute Gasteiger partial charge is 0.303 e. The summed E-state index contributed by atoms with van der Waals surface area (Å²) in [5.41, 5.74) is 2.14. The Morgan fingerprint density at radius 2 is 1.91 bits per heavy atom. The Balaban J connectivity index is 1.26. The fraction of sp³-hybridized carbons (Fsp3) is 0.828. The summed E-state index contributed by atoms with van der Waals surface area (Å²) in [5.74, 6) is 2.45. The molecule has 4 fully saturated rings. The molecule has 0 radical (unpaired) electrons. The van der Waals surface area contributed by atoms with Gasteiger partial charge in [0.25, 0.3) is 0 Å². The zero-order valence-electron chi connectivity index (χ0n) is 21.8. The first-order valence-electron chi connectivity index (χ1n) is 13.7. The monoisotopic (exact) mass is 488 g/mol. The van der Waals surface area contributed by atoms with E-state index in [1.807, 2.05) is 0 Å². The molecular weight excluding hydrogens is 444 g/mol.